The maximum Gasteiger partial charge on any atom is 0.267 e. The number of hydrogen-bond acceptors (Lipinski definition) is 5. The van der Waals surface area contributed by atoms with Crippen LogP contribution in [0.5, 0.6) is 0 Å². The van der Waals surface area contributed by atoms with Gasteiger partial charge in [-0.2, -0.15) is 5.10 Å². The Morgan fingerprint density at radius 1 is 1.07 bits per heavy atom. The largest absolute Gasteiger partial charge is 0.356 e. The van der Waals surface area contributed by atoms with Crippen LogP contribution in [0, 0.1) is 5.92 Å². The summed E-state index contributed by atoms with van der Waals surface area (Å²) in [4.78, 5) is 24.0. The molecular formula is C21H27N5O. The van der Waals surface area contributed by atoms with Crippen LogP contribution in [0.1, 0.15) is 61.5 Å². The fraction of sp³-hybridized carbons (Fsp3) is 0.619. The average molecular weight is 365 g/mol. The SMILES string of the molecule is O=c1cc2c(nn1CC1CCN(c3ccnc(C4CCC4)n3)CC1)CCC2. The highest BCUT2D eigenvalue weighted by Gasteiger charge is 2.25. The van der Waals surface area contributed by atoms with Crippen LogP contribution in [0.2, 0.25) is 0 Å². The van der Waals surface area contributed by atoms with Crippen molar-refractivity contribution in [3.05, 3.63) is 45.8 Å². The van der Waals surface area contributed by atoms with Gasteiger partial charge in [0.05, 0.1) is 5.69 Å². The molecular weight excluding hydrogens is 338 g/mol. The molecule has 6 nitrogen and oxygen atoms in total. The number of aromatic nitrogens is 4. The number of piperidine rings is 1. The second-order valence-corrected chi connectivity index (χ2v) is 8.32. The van der Waals surface area contributed by atoms with E-state index >= 15 is 0 Å². The van der Waals surface area contributed by atoms with E-state index < -0.39 is 0 Å². The monoisotopic (exact) mass is 365 g/mol. The maximum absolute atomic E-state index is 12.3. The van der Waals surface area contributed by atoms with E-state index in [9.17, 15) is 4.79 Å². The van der Waals surface area contributed by atoms with Gasteiger partial charge in [0.1, 0.15) is 11.6 Å². The number of nitrogens with zero attached hydrogens (tertiary/aromatic N) is 5. The number of anilines is 1. The fourth-order valence-corrected chi connectivity index (χ4v) is 4.56. The van der Waals surface area contributed by atoms with Gasteiger partial charge in [0, 0.05) is 37.8 Å². The van der Waals surface area contributed by atoms with Crippen molar-refractivity contribution in [3.8, 4) is 0 Å². The van der Waals surface area contributed by atoms with Crippen molar-refractivity contribution in [1.29, 1.82) is 0 Å². The third kappa shape index (κ3) is 3.37. The zero-order valence-electron chi connectivity index (χ0n) is 15.8. The highest BCUT2D eigenvalue weighted by Crippen LogP contribution is 2.35. The van der Waals surface area contributed by atoms with E-state index in [-0.39, 0.29) is 5.56 Å². The van der Waals surface area contributed by atoms with Crippen LogP contribution in [0.15, 0.2) is 23.1 Å². The predicted molar refractivity (Wildman–Crippen MR) is 104 cm³/mol. The van der Waals surface area contributed by atoms with Gasteiger partial charge >= 0.3 is 0 Å². The average Bonchev–Trinajstić information content (AvgIpc) is 3.08. The number of rotatable bonds is 4. The van der Waals surface area contributed by atoms with Crippen LogP contribution in [-0.4, -0.2) is 32.8 Å². The molecule has 2 fully saturated rings. The van der Waals surface area contributed by atoms with Gasteiger partial charge in [-0.3, -0.25) is 4.79 Å². The van der Waals surface area contributed by atoms with E-state index in [2.05, 4.69) is 15.0 Å². The first kappa shape index (κ1) is 16.9. The minimum absolute atomic E-state index is 0.0685. The molecule has 1 saturated carbocycles. The molecule has 6 heteroatoms. The molecule has 0 spiro atoms. The summed E-state index contributed by atoms with van der Waals surface area (Å²) >= 11 is 0. The van der Waals surface area contributed by atoms with E-state index in [0.717, 1.165) is 74.6 Å². The summed E-state index contributed by atoms with van der Waals surface area (Å²) in [5, 5.41) is 4.64. The van der Waals surface area contributed by atoms with Crippen molar-refractivity contribution in [1.82, 2.24) is 19.7 Å². The standard InChI is InChI=1S/C21H27N5O/c27-20-13-17-5-2-6-18(17)24-26(20)14-15-8-11-25(12-9-15)19-7-10-22-21(23-19)16-3-1-4-16/h7,10,13,15-16H,1-6,8-9,11-12,14H2. The van der Waals surface area contributed by atoms with Crippen molar-refractivity contribution >= 4 is 5.82 Å². The molecule has 0 atom stereocenters. The number of aryl methyl sites for hydroxylation is 2. The lowest BCUT2D eigenvalue weighted by atomic mass is 9.85. The van der Waals surface area contributed by atoms with Gasteiger partial charge in [-0.05, 0) is 62.5 Å². The molecule has 27 heavy (non-hydrogen) atoms. The normalized spacial score (nSPS) is 20.5. The zero-order valence-corrected chi connectivity index (χ0v) is 15.8. The van der Waals surface area contributed by atoms with E-state index in [0.29, 0.717) is 11.8 Å². The molecule has 1 saturated heterocycles. The summed E-state index contributed by atoms with van der Waals surface area (Å²) < 4.78 is 1.71. The zero-order chi connectivity index (χ0) is 18.2. The van der Waals surface area contributed by atoms with Gasteiger partial charge in [0.2, 0.25) is 0 Å². The number of hydrogen-bond donors (Lipinski definition) is 0. The second kappa shape index (κ2) is 7.06. The Labute approximate surface area is 159 Å². The lowest BCUT2D eigenvalue weighted by molar-refractivity contribution is 0.332. The molecule has 0 unspecified atom stereocenters. The molecule has 2 aliphatic carbocycles. The van der Waals surface area contributed by atoms with Gasteiger partial charge in [0.15, 0.2) is 0 Å². The fourth-order valence-electron chi connectivity index (χ4n) is 4.56. The molecule has 3 aliphatic rings. The Bertz CT molecular complexity index is 880. The predicted octanol–water partition coefficient (Wildman–Crippen LogP) is 2.71. The Morgan fingerprint density at radius 2 is 1.93 bits per heavy atom. The molecule has 2 aromatic rings. The molecule has 0 aromatic carbocycles. The molecule has 5 rings (SSSR count). The highest BCUT2D eigenvalue weighted by molar-refractivity contribution is 5.38. The molecule has 3 heterocycles. The Hall–Kier alpha value is -2.24. The molecule has 142 valence electrons. The van der Waals surface area contributed by atoms with Gasteiger partial charge in [-0.25, -0.2) is 14.6 Å². The van der Waals surface area contributed by atoms with E-state index in [1.165, 1.54) is 19.3 Å². The second-order valence-electron chi connectivity index (χ2n) is 8.32. The third-order valence-electron chi connectivity index (χ3n) is 6.52. The topological polar surface area (TPSA) is 63.9 Å². The Balaban J connectivity index is 1.23. The first-order chi connectivity index (χ1) is 13.3. The van der Waals surface area contributed by atoms with Crippen LogP contribution in [0.25, 0.3) is 0 Å². The van der Waals surface area contributed by atoms with Crippen LogP contribution in [0.3, 0.4) is 0 Å². The first-order valence-corrected chi connectivity index (χ1v) is 10.4. The van der Waals surface area contributed by atoms with Gasteiger partial charge < -0.3 is 4.90 Å². The summed E-state index contributed by atoms with van der Waals surface area (Å²) in [7, 11) is 0. The third-order valence-corrected chi connectivity index (χ3v) is 6.52. The number of fused-ring (bicyclic) bond motifs is 1. The molecule has 1 aliphatic heterocycles. The van der Waals surface area contributed by atoms with Crippen LogP contribution < -0.4 is 10.5 Å². The summed E-state index contributed by atoms with van der Waals surface area (Å²) in [5.74, 6) is 3.17. The lowest BCUT2D eigenvalue weighted by Crippen LogP contribution is -2.37. The molecule has 0 N–H and O–H groups in total. The summed E-state index contributed by atoms with van der Waals surface area (Å²) in [6.45, 7) is 2.73. The van der Waals surface area contributed by atoms with E-state index in [1.807, 2.05) is 18.3 Å². The van der Waals surface area contributed by atoms with Crippen molar-refractivity contribution in [2.45, 2.75) is 63.8 Å². The highest BCUT2D eigenvalue weighted by atomic mass is 16.1. The Kier molecular flexibility index (Phi) is 4.42. The van der Waals surface area contributed by atoms with Gasteiger partial charge in [-0.15, -0.1) is 0 Å². The quantitative estimate of drug-likeness (QED) is 0.834. The summed E-state index contributed by atoms with van der Waals surface area (Å²) in [6.07, 6.45) is 11.0. The van der Waals surface area contributed by atoms with Crippen LogP contribution in [-0.2, 0) is 19.4 Å². The van der Waals surface area contributed by atoms with Crippen molar-refractivity contribution in [3.63, 3.8) is 0 Å². The molecule has 0 bridgehead atoms. The van der Waals surface area contributed by atoms with E-state index in [4.69, 9.17) is 4.98 Å². The minimum Gasteiger partial charge on any atom is -0.356 e. The lowest BCUT2D eigenvalue weighted by Gasteiger charge is -2.33. The van der Waals surface area contributed by atoms with Crippen molar-refractivity contribution in [2.24, 2.45) is 5.92 Å². The van der Waals surface area contributed by atoms with Crippen molar-refractivity contribution < 1.29 is 0 Å². The van der Waals surface area contributed by atoms with Crippen LogP contribution >= 0.6 is 0 Å². The molecule has 2 aromatic heterocycles. The minimum atomic E-state index is 0.0685. The first-order valence-electron chi connectivity index (χ1n) is 10.4. The summed E-state index contributed by atoms with van der Waals surface area (Å²) in [6, 6.07) is 3.85. The Morgan fingerprint density at radius 3 is 2.70 bits per heavy atom. The van der Waals surface area contributed by atoms with Gasteiger partial charge in [0.25, 0.3) is 5.56 Å². The maximum atomic E-state index is 12.3. The molecule has 0 amide bonds. The van der Waals surface area contributed by atoms with Gasteiger partial charge in [-0.1, -0.05) is 6.42 Å². The smallest absolute Gasteiger partial charge is 0.267 e. The summed E-state index contributed by atoms with van der Waals surface area (Å²) in [5.41, 5.74) is 2.37. The van der Waals surface area contributed by atoms with E-state index in [1.54, 1.807) is 4.68 Å². The van der Waals surface area contributed by atoms with Crippen LogP contribution in [0.4, 0.5) is 5.82 Å². The van der Waals surface area contributed by atoms with Crippen molar-refractivity contribution in [2.75, 3.05) is 18.0 Å². The molecule has 0 radical (unpaired) electrons.